The van der Waals surface area contributed by atoms with Crippen LogP contribution < -0.4 is 4.90 Å². The molecule has 1 aromatic rings. The number of nitrogens with zero attached hydrogens (tertiary/aromatic N) is 3. The fraction of sp³-hybridized carbons (Fsp3) is 0.571. The van der Waals surface area contributed by atoms with Gasteiger partial charge in [0.05, 0.1) is 5.56 Å². The fourth-order valence-electron chi connectivity index (χ4n) is 2.47. The number of rotatable bonds is 3. The van der Waals surface area contributed by atoms with Crippen LogP contribution in [0.15, 0.2) is 6.07 Å². The Morgan fingerprint density at radius 3 is 2.88 bits per heavy atom. The highest BCUT2D eigenvalue weighted by Gasteiger charge is 2.18. The SMILES string of the molecule is CC(C)CN(C)c1nc2c(cc1C#N)CCC2. The largest absolute Gasteiger partial charge is 0.358 e. The highest BCUT2D eigenvalue weighted by Crippen LogP contribution is 2.26. The minimum Gasteiger partial charge on any atom is -0.358 e. The molecule has 1 aliphatic carbocycles. The van der Waals surface area contributed by atoms with Crippen molar-refractivity contribution in [2.24, 2.45) is 5.92 Å². The third kappa shape index (κ3) is 2.41. The number of pyridine rings is 1. The molecule has 0 atom stereocenters. The Labute approximate surface area is 103 Å². The highest BCUT2D eigenvalue weighted by molar-refractivity contribution is 5.56. The topological polar surface area (TPSA) is 39.9 Å². The van der Waals surface area contributed by atoms with Gasteiger partial charge in [-0.3, -0.25) is 0 Å². The van der Waals surface area contributed by atoms with Crippen LogP contribution in [0.3, 0.4) is 0 Å². The smallest absolute Gasteiger partial charge is 0.146 e. The molecule has 1 aliphatic rings. The fourth-order valence-corrected chi connectivity index (χ4v) is 2.47. The lowest BCUT2D eigenvalue weighted by molar-refractivity contribution is 0.633. The van der Waals surface area contributed by atoms with Crippen molar-refractivity contribution in [2.45, 2.75) is 33.1 Å². The van der Waals surface area contributed by atoms with Crippen LogP contribution in [0.25, 0.3) is 0 Å². The van der Waals surface area contributed by atoms with Gasteiger partial charge < -0.3 is 4.90 Å². The van der Waals surface area contributed by atoms with Gasteiger partial charge in [-0.1, -0.05) is 13.8 Å². The number of fused-ring (bicyclic) bond motifs is 1. The maximum Gasteiger partial charge on any atom is 0.146 e. The van der Waals surface area contributed by atoms with Crippen LogP contribution in [-0.2, 0) is 12.8 Å². The molecule has 17 heavy (non-hydrogen) atoms. The van der Waals surface area contributed by atoms with Gasteiger partial charge in [-0.2, -0.15) is 5.26 Å². The van der Waals surface area contributed by atoms with E-state index in [1.165, 1.54) is 17.7 Å². The Hall–Kier alpha value is -1.56. The Balaban J connectivity index is 2.36. The minimum atomic E-state index is 0.571. The van der Waals surface area contributed by atoms with E-state index in [-0.39, 0.29) is 0 Å². The summed E-state index contributed by atoms with van der Waals surface area (Å²) in [6.07, 6.45) is 3.30. The van der Waals surface area contributed by atoms with Crippen molar-refractivity contribution in [3.05, 3.63) is 22.9 Å². The summed E-state index contributed by atoms with van der Waals surface area (Å²) < 4.78 is 0. The van der Waals surface area contributed by atoms with Crippen LogP contribution in [0.5, 0.6) is 0 Å². The Morgan fingerprint density at radius 2 is 2.24 bits per heavy atom. The van der Waals surface area contributed by atoms with E-state index in [0.717, 1.165) is 25.2 Å². The van der Waals surface area contributed by atoms with E-state index in [0.29, 0.717) is 11.5 Å². The molecule has 1 heterocycles. The van der Waals surface area contributed by atoms with E-state index in [9.17, 15) is 5.26 Å². The van der Waals surface area contributed by atoms with E-state index in [2.05, 4.69) is 29.8 Å². The molecular weight excluding hydrogens is 210 g/mol. The Kier molecular flexibility index (Phi) is 3.33. The van der Waals surface area contributed by atoms with Crippen molar-refractivity contribution < 1.29 is 0 Å². The number of nitriles is 1. The van der Waals surface area contributed by atoms with Gasteiger partial charge in [-0.15, -0.1) is 0 Å². The molecule has 0 aliphatic heterocycles. The van der Waals surface area contributed by atoms with Gasteiger partial charge in [-0.25, -0.2) is 4.98 Å². The summed E-state index contributed by atoms with van der Waals surface area (Å²) in [7, 11) is 2.02. The first-order valence-corrected chi connectivity index (χ1v) is 6.26. The van der Waals surface area contributed by atoms with Crippen LogP contribution in [0.2, 0.25) is 0 Å². The monoisotopic (exact) mass is 229 g/mol. The lowest BCUT2D eigenvalue weighted by atomic mass is 10.1. The lowest BCUT2D eigenvalue weighted by Crippen LogP contribution is -2.24. The first-order chi connectivity index (χ1) is 8.11. The average Bonchev–Trinajstić information content (AvgIpc) is 2.73. The summed E-state index contributed by atoms with van der Waals surface area (Å²) >= 11 is 0. The molecular formula is C14H19N3. The maximum atomic E-state index is 9.22. The number of anilines is 1. The highest BCUT2D eigenvalue weighted by atomic mass is 15.2. The molecule has 3 nitrogen and oxygen atoms in total. The van der Waals surface area contributed by atoms with Crippen molar-refractivity contribution in [3.63, 3.8) is 0 Å². The third-order valence-electron chi connectivity index (χ3n) is 3.15. The predicted octanol–water partition coefficient (Wildman–Crippen LogP) is 2.53. The van der Waals surface area contributed by atoms with Gasteiger partial charge in [-0.05, 0) is 36.8 Å². The van der Waals surface area contributed by atoms with Crippen LogP contribution in [0, 0.1) is 17.2 Å². The second kappa shape index (κ2) is 4.75. The molecule has 0 N–H and O–H groups in total. The molecule has 90 valence electrons. The number of aryl methyl sites for hydroxylation is 2. The molecule has 0 spiro atoms. The molecule has 0 unspecified atom stereocenters. The number of hydrogen-bond acceptors (Lipinski definition) is 3. The first kappa shape index (κ1) is 11.9. The molecule has 0 saturated heterocycles. The lowest BCUT2D eigenvalue weighted by Gasteiger charge is -2.22. The van der Waals surface area contributed by atoms with E-state index in [1.54, 1.807) is 0 Å². The summed E-state index contributed by atoms with van der Waals surface area (Å²) in [5, 5.41) is 9.22. The summed E-state index contributed by atoms with van der Waals surface area (Å²) in [5.41, 5.74) is 3.17. The van der Waals surface area contributed by atoms with Crippen LogP contribution in [-0.4, -0.2) is 18.6 Å². The zero-order chi connectivity index (χ0) is 12.4. The van der Waals surface area contributed by atoms with E-state index < -0.39 is 0 Å². The molecule has 1 aromatic heterocycles. The Morgan fingerprint density at radius 1 is 1.47 bits per heavy atom. The minimum absolute atomic E-state index is 0.571. The Bertz CT molecular complexity index is 457. The summed E-state index contributed by atoms with van der Waals surface area (Å²) in [6.45, 7) is 5.28. The summed E-state index contributed by atoms with van der Waals surface area (Å²) in [5.74, 6) is 1.42. The van der Waals surface area contributed by atoms with E-state index in [1.807, 2.05) is 13.1 Å². The van der Waals surface area contributed by atoms with Crippen molar-refractivity contribution >= 4 is 5.82 Å². The normalized spacial score (nSPS) is 13.6. The zero-order valence-electron chi connectivity index (χ0n) is 10.8. The second-order valence-electron chi connectivity index (χ2n) is 5.21. The van der Waals surface area contributed by atoms with Crippen LogP contribution >= 0.6 is 0 Å². The van der Waals surface area contributed by atoms with Gasteiger partial charge in [0, 0.05) is 19.3 Å². The van der Waals surface area contributed by atoms with Crippen molar-refractivity contribution in [1.82, 2.24) is 4.98 Å². The van der Waals surface area contributed by atoms with Gasteiger partial charge in [0.25, 0.3) is 0 Å². The average molecular weight is 229 g/mol. The predicted molar refractivity (Wildman–Crippen MR) is 69.1 cm³/mol. The van der Waals surface area contributed by atoms with Crippen molar-refractivity contribution in [2.75, 3.05) is 18.5 Å². The first-order valence-electron chi connectivity index (χ1n) is 6.26. The molecule has 0 radical (unpaired) electrons. The van der Waals surface area contributed by atoms with E-state index in [4.69, 9.17) is 0 Å². The molecule has 0 amide bonds. The molecule has 2 rings (SSSR count). The zero-order valence-corrected chi connectivity index (χ0v) is 10.8. The standard InChI is InChI=1S/C14H19N3/c1-10(2)9-17(3)14-12(8-15)7-11-5-4-6-13(11)16-14/h7,10H,4-6,9H2,1-3H3. The number of hydrogen-bond donors (Lipinski definition) is 0. The molecule has 0 aromatic carbocycles. The summed E-state index contributed by atoms with van der Waals surface area (Å²) in [4.78, 5) is 6.78. The van der Waals surface area contributed by atoms with Crippen molar-refractivity contribution in [1.29, 1.82) is 5.26 Å². The second-order valence-corrected chi connectivity index (χ2v) is 5.21. The number of aromatic nitrogens is 1. The molecule has 3 heteroatoms. The molecule has 0 fully saturated rings. The maximum absolute atomic E-state index is 9.22. The van der Waals surface area contributed by atoms with Crippen LogP contribution in [0.1, 0.15) is 37.1 Å². The quantitative estimate of drug-likeness (QED) is 0.799. The van der Waals surface area contributed by atoms with Gasteiger partial charge >= 0.3 is 0 Å². The van der Waals surface area contributed by atoms with E-state index >= 15 is 0 Å². The third-order valence-corrected chi connectivity index (χ3v) is 3.15. The van der Waals surface area contributed by atoms with Crippen molar-refractivity contribution in [3.8, 4) is 6.07 Å². The van der Waals surface area contributed by atoms with Crippen LogP contribution in [0.4, 0.5) is 5.82 Å². The molecule has 0 saturated carbocycles. The summed E-state index contributed by atoms with van der Waals surface area (Å²) in [6, 6.07) is 4.30. The van der Waals surface area contributed by atoms with Gasteiger partial charge in [0.2, 0.25) is 0 Å². The van der Waals surface area contributed by atoms with Gasteiger partial charge in [0.15, 0.2) is 0 Å². The molecule has 0 bridgehead atoms. The van der Waals surface area contributed by atoms with Gasteiger partial charge in [0.1, 0.15) is 11.9 Å².